The molecule has 1 aliphatic heterocycles. The van der Waals surface area contributed by atoms with Crippen molar-refractivity contribution in [2.24, 2.45) is 5.73 Å². The highest BCUT2D eigenvalue weighted by Gasteiger charge is 2.25. The van der Waals surface area contributed by atoms with Gasteiger partial charge in [0.15, 0.2) is 0 Å². The first-order valence-corrected chi connectivity index (χ1v) is 6.30. The van der Waals surface area contributed by atoms with Gasteiger partial charge in [-0.05, 0) is 43.4 Å². The molecule has 0 fully saturated rings. The molecular formula is C14H21ClN2O. The Balaban J connectivity index is 0.00000162. The largest absolute Gasteiger partial charge is 0.320 e. The molecule has 2 rings (SSSR count). The maximum absolute atomic E-state index is 12.2. The van der Waals surface area contributed by atoms with E-state index in [4.69, 9.17) is 5.73 Å². The molecule has 0 saturated carbocycles. The van der Waals surface area contributed by atoms with Crippen LogP contribution in [0, 0.1) is 6.92 Å². The predicted octanol–water partition coefficient (Wildman–Crippen LogP) is 2.43. The molecule has 18 heavy (non-hydrogen) atoms. The van der Waals surface area contributed by atoms with E-state index in [2.05, 4.69) is 25.1 Å². The van der Waals surface area contributed by atoms with Crippen LogP contribution in [0.15, 0.2) is 18.2 Å². The monoisotopic (exact) mass is 268 g/mol. The van der Waals surface area contributed by atoms with E-state index in [1.807, 2.05) is 11.8 Å². The summed E-state index contributed by atoms with van der Waals surface area (Å²) in [7, 11) is 0. The van der Waals surface area contributed by atoms with Crippen molar-refractivity contribution in [1.82, 2.24) is 0 Å². The average molecular weight is 269 g/mol. The smallest absolute Gasteiger partial charge is 0.243 e. The number of benzene rings is 1. The van der Waals surface area contributed by atoms with Gasteiger partial charge in [-0.25, -0.2) is 0 Å². The number of nitrogens with two attached hydrogens (primary N) is 1. The molecule has 1 amide bonds. The number of hydrogen-bond acceptors (Lipinski definition) is 2. The Bertz CT molecular complexity index is 434. The summed E-state index contributed by atoms with van der Waals surface area (Å²) in [6.45, 7) is 4.80. The zero-order valence-corrected chi connectivity index (χ0v) is 11.8. The van der Waals surface area contributed by atoms with Crippen molar-refractivity contribution in [1.29, 1.82) is 0 Å². The van der Waals surface area contributed by atoms with Crippen LogP contribution < -0.4 is 10.6 Å². The Hall–Kier alpha value is -1.06. The Morgan fingerprint density at radius 2 is 2.22 bits per heavy atom. The Labute approximate surface area is 115 Å². The van der Waals surface area contributed by atoms with Crippen molar-refractivity contribution in [2.45, 2.75) is 39.2 Å². The minimum Gasteiger partial charge on any atom is -0.320 e. The van der Waals surface area contributed by atoms with Gasteiger partial charge in [0.05, 0.1) is 6.04 Å². The number of carbonyl (C=O) groups excluding carboxylic acids is 1. The van der Waals surface area contributed by atoms with E-state index in [1.54, 1.807) is 0 Å². The Kier molecular flexibility index (Phi) is 5.17. The number of nitrogens with zero attached hydrogens (tertiary/aromatic N) is 1. The fraction of sp³-hybridized carbons (Fsp3) is 0.500. The number of rotatable bonds is 2. The summed E-state index contributed by atoms with van der Waals surface area (Å²) in [5.74, 6) is 0.0547. The third kappa shape index (κ3) is 2.85. The molecule has 0 unspecified atom stereocenters. The molecule has 3 nitrogen and oxygen atoms in total. The summed E-state index contributed by atoms with van der Waals surface area (Å²) < 4.78 is 0. The van der Waals surface area contributed by atoms with Gasteiger partial charge in [-0.1, -0.05) is 19.1 Å². The van der Waals surface area contributed by atoms with Crippen molar-refractivity contribution in [3.05, 3.63) is 29.3 Å². The summed E-state index contributed by atoms with van der Waals surface area (Å²) in [6, 6.07) is 5.95. The zero-order chi connectivity index (χ0) is 12.4. The number of aryl methyl sites for hydroxylation is 2. The fourth-order valence-electron chi connectivity index (χ4n) is 2.29. The van der Waals surface area contributed by atoms with Crippen molar-refractivity contribution in [3.8, 4) is 0 Å². The standard InChI is InChI=1S/C14H20N2O.ClH/c1-3-12(15)14(17)16-8-4-5-11-7-6-10(2)9-13(11)16;/h6-7,9,12H,3-5,8,15H2,1-2H3;1H/t12-;/m0./s1. The highest BCUT2D eigenvalue weighted by atomic mass is 35.5. The molecule has 100 valence electrons. The third-order valence-corrected chi connectivity index (χ3v) is 3.38. The lowest BCUT2D eigenvalue weighted by Crippen LogP contribution is -2.45. The molecule has 4 heteroatoms. The van der Waals surface area contributed by atoms with Crippen LogP contribution in [0.3, 0.4) is 0 Å². The van der Waals surface area contributed by atoms with Crippen molar-refractivity contribution in [3.63, 3.8) is 0 Å². The molecule has 0 radical (unpaired) electrons. The lowest BCUT2D eigenvalue weighted by molar-refractivity contribution is -0.120. The second-order valence-electron chi connectivity index (χ2n) is 4.74. The maximum Gasteiger partial charge on any atom is 0.243 e. The Morgan fingerprint density at radius 3 is 2.89 bits per heavy atom. The maximum atomic E-state index is 12.2. The van der Waals surface area contributed by atoms with Crippen LogP contribution in [0.4, 0.5) is 5.69 Å². The van der Waals surface area contributed by atoms with Gasteiger partial charge in [-0.15, -0.1) is 12.4 Å². The van der Waals surface area contributed by atoms with Crippen molar-refractivity contribution in [2.75, 3.05) is 11.4 Å². The van der Waals surface area contributed by atoms with Crippen LogP contribution in [-0.4, -0.2) is 18.5 Å². The third-order valence-electron chi connectivity index (χ3n) is 3.38. The van der Waals surface area contributed by atoms with E-state index < -0.39 is 0 Å². The molecular weight excluding hydrogens is 248 g/mol. The molecule has 2 N–H and O–H groups in total. The van der Waals surface area contributed by atoms with Crippen LogP contribution in [0.5, 0.6) is 0 Å². The van der Waals surface area contributed by atoms with Crippen LogP contribution in [0.2, 0.25) is 0 Å². The first-order chi connectivity index (χ1) is 8.13. The second kappa shape index (κ2) is 6.21. The van der Waals surface area contributed by atoms with Crippen LogP contribution >= 0.6 is 12.4 Å². The molecule has 1 atom stereocenters. The van der Waals surface area contributed by atoms with Gasteiger partial charge in [-0.3, -0.25) is 4.79 Å². The first-order valence-electron chi connectivity index (χ1n) is 6.30. The van der Waals surface area contributed by atoms with Gasteiger partial charge < -0.3 is 10.6 Å². The first kappa shape index (κ1) is 15.0. The lowest BCUT2D eigenvalue weighted by Gasteiger charge is -2.31. The molecule has 0 saturated heterocycles. The summed E-state index contributed by atoms with van der Waals surface area (Å²) in [5, 5.41) is 0. The lowest BCUT2D eigenvalue weighted by atomic mass is 9.99. The van der Waals surface area contributed by atoms with E-state index in [0.29, 0.717) is 6.42 Å². The minimum absolute atomic E-state index is 0. The second-order valence-corrected chi connectivity index (χ2v) is 4.74. The normalized spacial score (nSPS) is 15.6. The number of hydrogen-bond donors (Lipinski definition) is 1. The summed E-state index contributed by atoms with van der Waals surface area (Å²) in [4.78, 5) is 14.1. The Morgan fingerprint density at radius 1 is 1.50 bits per heavy atom. The minimum atomic E-state index is -0.374. The highest BCUT2D eigenvalue weighted by molar-refractivity contribution is 5.98. The summed E-state index contributed by atoms with van der Waals surface area (Å²) in [6.07, 6.45) is 2.77. The van der Waals surface area contributed by atoms with Gasteiger partial charge in [0.25, 0.3) is 0 Å². The van der Waals surface area contributed by atoms with Gasteiger partial charge in [0, 0.05) is 12.2 Å². The molecule has 1 aromatic carbocycles. The zero-order valence-electron chi connectivity index (χ0n) is 11.0. The van der Waals surface area contributed by atoms with E-state index in [9.17, 15) is 4.79 Å². The van der Waals surface area contributed by atoms with Gasteiger partial charge in [0.1, 0.15) is 0 Å². The van der Waals surface area contributed by atoms with E-state index >= 15 is 0 Å². The number of anilines is 1. The average Bonchev–Trinajstić information content (AvgIpc) is 2.36. The number of halogens is 1. The molecule has 1 aromatic rings. The molecule has 0 aromatic heterocycles. The number of fused-ring (bicyclic) bond motifs is 1. The summed E-state index contributed by atoms with van der Waals surface area (Å²) >= 11 is 0. The van der Waals surface area contributed by atoms with Gasteiger partial charge in [-0.2, -0.15) is 0 Å². The number of carbonyl (C=O) groups is 1. The number of amides is 1. The molecule has 1 aliphatic rings. The fourth-order valence-corrected chi connectivity index (χ4v) is 2.29. The van der Waals surface area contributed by atoms with Gasteiger partial charge >= 0.3 is 0 Å². The van der Waals surface area contributed by atoms with Crippen LogP contribution in [0.25, 0.3) is 0 Å². The van der Waals surface area contributed by atoms with Crippen molar-refractivity contribution < 1.29 is 4.79 Å². The van der Waals surface area contributed by atoms with E-state index in [1.165, 1.54) is 11.1 Å². The molecule has 0 aliphatic carbocycles. The van der Waals surface area contributed by atoms with Gasteiger partial charge in [0.2, 0.25) is 5.91 Å². The topological polar surface area (TPSA) is 46.3 Å². The quantitative estimate of drug-likeness (QED) is 0.896. The summed E-state index contributed by atoms with van der Waals surface area (Å²) in [5.41, 5.74) is 9.36. The highest BCUT2D eigenvalue weighted by Crippen LogP contribution is 2.28. The van der Waals surface area contributed by atoms with E-state index in [0.717, 1.165) is 25.1 Å². The van der Waals surface area contributed by atoms with Crippen LogP contribution in [0.1, 0.15) is 30.9 Å². The predicted molar refractivity (Wildman–Crippen MR) is 77.4 cm³/mol. The molecule has 0 bridgehead atoms. The molecule has 0 spiro atoms. The van der Waals surface area contributed by atoms with Crippen LogP contribution in [-0.2, 0) is 11.2 Å². The SMILES string of the molecule is CC[C@H](N)C(=O)N1CCCc2ccc(C)cc21.Cl. The van der Waals surface area contributed by atoms with E-state index in [-0.39, 0.29) is 24.4 Å². The van der Waals surface area contributed by atoms with Crippen molar-refractivity contribution >= 4 is 24.0 Å². The molecule has 1 heterocycles.